The van der Waals surface area contributed by atoms with Crippen molar-refractivity contribution in [2.75, 3.05) is 0 Å². The van der Waals surface area contributed by atoms with Gasteiger partial charge >= 0.3 is 0 Å². The first-order valence-corrected chi connectivity index (χ1v) is 9.46. The first-order chi connectivity index (χ1) is 13.9. The standard InChI is InChI=1S/2C14H12.H2/c2*1-3-7-13(8-4-1)11-12-14-9-5-2-6-10-14;/h2*1-12H;1H/b12-11+;12-11-;/i;;1+1. The Morgan fingerprint density at radius 3 is 0.643 bits per heavy atom. The lowest BCUT2D eigenvalue weighted by molar-refractivity contribution is 1.65. The molecular formula is C28H26. The van der Waals surface area contributed by atoms with Crippen LogP contribution in [0.2, 0.25) is 0 Å². The SMILES string of the molecule is C(=C/c1ccccc1)/c1ccccc1.C(=C\c1ccccc1)/c1ccccc1.[2HH]. The molecule has 0 spiro atoms. The summed E-state index contributed by atoms with van der Waals surface area (Å²) >= 11 is 0. The lowest BCUT2D eigenvalue weighted by Gasteiger charge is -1.92. The highest BCUT2D eigenvalue weighted by molar-refractivity contribution is 5.70. The van der Waals surface area contributed by atoms with Gasteiger partial charge in [-0.3, -0.25) is 0 Å². The molecule has 0 N–H and O–H groups in total. The van der Waals surface area contributed by atoms with Crippen molar-refractivity contribution in [3.63, 3.8) is 0 Å². The Bertz CT molecular complexity index is 805. The highest BCUT2D eigenvalue weighted by atomic mass is 13.9. The van der Waals surface area contributed by atoms with Gasteiger partial charge in [0.25, 0.3) is 0 Å². The van der Waals surface area contributed by atoms with E-state index in [0.29, 0.717) is 0 Å². The Morgan fingerprint density at radius 2 is 0.464 bits per heavy atom. The Morgan fingerprint density at radius 1 is 0.286 bits per heavy atom. The molecule has 0 fully saturated rings. The summed E-state index contributed by atoms with van der Waals surface area (Å²) in [4.78, 5) is 0. The summed E-state index contributed by atoms with van der Waals surface area (Å²) in [5.41, 5.74) is 4.93. The van der Waals surface area contributed by atoms with Gasteiger partial charge in [0.05, 0.1) is 0 Å². The van der Waals surface area contributed by atoms with E-state index in [2.05, 4.69) is 72.8 Å². The maximum Gasteiger partial charge on any atom is 0 e. The van der Waals surface area contributed by atoms with Crippen molar-refractivity contribution in [1.29, 1.82) is 0 Å². The van der Waals surface area contributed by atoms with E-state index in [1.165, 1.54) is 22.3 Å². The average molecular weight is 364 g/mol. The molecule has 0 amide bonds. The number of benzene rings is 4. The zero-order valence-electron chi connectivity index (χ0n) is 15.9. The molecule has 0 radical (unpaired) electrons. The second-order valence-electron chi connectivity index (χ2n) is 6.31. The fourth-order valence-corrected chi connectivity index (χ4v) is 2.64. The molecule has 0 nitrogen and oxygen atoms in total. The monoisotopic (exact) mass is 363 g/mol. The van der Waals surface area contributed by atoms with Crippen molar-refractivity contribution in [3.8, 4) is 0 Å². The van der Waals surface area contributed by atoms with Crippen LogP contribution in [-0.2, 0) is 0 Å². The maximum atomic E-state index is 2.12. The summed E-state index contributed by atoms with van der Waals surface area (Å²) in [5, 5.41) is 0. The minimum Gasteiger partial charge on any atom is -0.0622 e. The van der Waals surface area contributed by atoms with Gasteiger partial charge in [0.15, 0.2) is 0 Å². The summed E-state index contributed by atoms with van der Waals surface area (Å²) in [6, 6.07) is 41.3. The Labute approximate surface area is 169 Å². The van der Waals surface area contributed by atoms with E-state index in [0.717, 1.165) is 0 Å². The molecule has 0 aliphatic heterocycles. The zero-order valence-corrected chi connectivity index (χ0v) is 15.9. The van der Waals surface area contributed by atoms with E-state index in [9.17, 15) is 0 Å². The third kappa shape index (κ3) is 6.93. The van der Waals surface area contributed by atoms with Gasteiger partial charge in [-0.25, -0.2) is 0 Å². The molecule has 0 heteroatoms. The van der Waals surface area contributed by atoms with Crippen molar-refractivity contribution in [3.05, 3.63) is 144 Å². The molecule has 0 saturated carbocycles. The molecule has 4 rings (SSSR count). The molecule has 0 bridgehead atoms. The lowest BCUT2D eigenvalue weighted by Crippen LogP contribution is -1.70. The molecular weight excluding hydrogens is 336 g/mol. The topological polar surface area (TPSA) is 0 Å². The van der Waals surface area contributed by atoms with Gasteiger partial charge < -0.3 is 0 Å². The molecule has 0 unspecified atom stereocenters. The van der Waals surface area contributed by atoms with E-state index in [-0.39, 0.29) is 1.43 Å². The first kappa shape index (κ1) is 19.1. The normalized spacial score (nSPS) is 10.6. The largest absolute Gasteiger partial charge is 0.0622 e. The van der Waals surface area contributed by atoms with E-state index in [4.69, 9.17) is 0 Å². The molecule has 28 heavy (non-hydrogen) atoms. The summed E-state index contributed by atoms with van der Waals surface area (Å²) in [6.07, 6.45) is 8.48. The van der Waals surface area contributed by atoms with E-state index in [1.54, 1.807) is 0 Å². The van der Waals surface area contributed by atoms with Crippen molar-refractivity contribution >= 4 is 24.3 Å². The third-order valence-corrected chi connectivity index (χ3v) is 4.13. The Hall–Kier alpha value is -3.64. The van der Waals surface area contributed by atoms with Gasteiger partial charge in [0, 0.05) is 1.43 Å². The second-order valence-corrected chi connectivity index (χ2v) is 6.31. The van der Waals surface area contributed by atoms with Crippen LogP contribution in [0.4, 0.5) is 0 Å². The summed E-state index contributed by atoms with van der Waals surface area (Å²) in [6.45, 7) is 0. The van der Waals surface area contributed by atoms with Crippen LogP contribution >= 0.6 is 0 Å². The van der Waals surface area contributed by atoms with Gasteiger partial charge in [0.2, 0.25) is 0 Å². The van der Waals surface area contributed by atoms with Gasteiger partial charge in [0.1, 0.15) is 0 Å². The van der Waals surface area contributed by atoms with Crippen molar-refractivity contribution < 1.29 is 1.43 Å². The highest BCUT2D eigenvalue weighted by Gasteiger charge is 1.85. The molecule has 4 aromatic rings. The fraction of sp³-hybridized carbons (Fsp3) is 0. The zero-order chi connectivity index (χ0) is 19.3. The lowest BCUT2D eigenvalue weighted by atomic mass is 10.1. The minimum atomic E-state index is 0. The summed E-state index contributed by atoms with van der Waals surface area (Å²) in [7, 11) is 0. The van der Waals surface area contributed by atoms with Crippen molar-refractivity contribution in [2.45, 2.75) is 0 Å². The van der Waals surface area contributed by atoms with Crippen LogP contribution in [0, 0.1) is 0 Å². The third-order valence-electron chi connectivity index (χ3n) is 4.13. The van der Waals surface area contributed by atoms with Crippen LogP contribution in [-0.4, -0.2) is 0 Å². The number of hydrogen-bond donors (Lipinski definition) is 0. The van der Waals surface area contributed by atoms with Gasteiger partial charge in [-0.05, 0) is 22.3 Å². The minimum absolute atomic E-state index is 0. The van der Waals surface area contributed by atoms with E-state index in [1.807, 2.05) is 72.8 Å². The van der Waals surface area contributed by atoms with Crippen LogP contribution in [0.3, 0.4) is 0 Å². The molecule has 138 valence electrons. The van der Waals surface area contributed by atoms with Crippen LogP contribution in [0.15, 0.2) is 121 Å². The van der Waals surface area contributed by atoms with Crippen LogP contribution in [0.25, 0.3) is 24.3 Å². The second kappa shape index (κ2) is 11.2. The van der Waals surface area contributed by atoms with Crippen molar-refractivity contribution in [2.24, 2.45) is 0 Å². The highest BCUT2D eigenvalue weighted by Crippen LogP contribution is 2.08. The first-order valence-electron chi connectivity index (χ1n) is 9.46. The van der Waals surface area contributed by atoms with Crippen LogP contribution in [0.1, 0.15) is 23.7 Å². The van der Waals surface area contributed by atoms with Crippen LogP contribution < -0.4 is 0 Å². The molecule has 0 aromatic heterocycles. The number of rotatable bonds is 4. The Balaban J connectivity index is 0.000000200. The van der Waals surface area contributed by atoms with Gasteiger partial charge in [-0.1, -0.05) is 146 Å². The van der Waals surface area contributed by atoms with Gasteiger partial charge in [-0.15, -0.1) is 0 Å². The molecule has 0 saturated heterocycles. The summed E-state index contributed by atoms with van der Waals surface area (Å²) in [5.74, 6) is 0. The maximum absolute atomic E-state index is 2.12. The molecule has 0 aliphatic rings. The molecule has 4 aromatic carbocycles. The van der Waals surface area contributed by atoms with E-state index >= 15 is 0 Å². The summed E-state index contributed by atoms with van der Waals surface area (Å²) < 4.78 is 0. The Kier molecular flexibility index (Phi) is 7.62. The van der Waals surface area contributed by atoms with Crippen LogP contribution in [0.5, 0.6) is 0 Å². The van der Waals surface area contributed by atoms with Gasteiger partial charge in [-0.2, -0.15) is 0 Å². The van der Waals surface area contributed by atoms with E-state index < -0.39 is 0 Å². The predicted octanol–water partition coefficient (Wildman–Crippen LogP) is 7.96. The predicted molar refractivity (Wildman–Crippen MR) is 126 cm³/mol. The quantitative estimate of drug-likeness (QED) is 0.323. The fourth-order valence-electron chi connectivity index (χ4n) is 2.64. The molecule has 0 aliphatic carbocycles. The smallest absolute Gasteiger partial charge is 0 e. The molecule has 0 heterocycles. The number of hydrogen-bond acceptors (Lipinski definition) is 0. The molecule has 0 atom stereocenters. The average Bonchev–Trinajstić information content (AvgIpc) is 2.80. The van der Waals surface area contributed by atoms with Crippen molar-refractivity contribution in [1.82, 2.24) is 0 Å².